The molecule has 2 unspecified atom stereocenters. The van der Waals surface area contributed by atoms with E-state index in [9.17, 15) is 0 Å². The lowest BCUT2D eigenvalue weighted by molar-refractivity contribution is -0.130. The first-order chi connectivity index (χ1) is 24.8. The number of benzene rings is 6. The van der Waals surface area contributed by atoms with Crippen LogP contribution in [0.25, 0.3) is 0 Å². The second-order valence-corrected chi connectivity index (χ2v) is 16.3. The fourth-order valence-electron chi connectivity index (χ4n) is 8.22. The molecule has 0 saturated carbocycles. The zero-order valence-corrected chi connectivity index (χ0v) is 30.4. The summed E-state index contributed by atoms with van der Waals surface area (Å²) in [4.78, 5) is 17.9. The van der Waals surface area contributed by atoms with Crippen LogP contribution in [0.2, 0.25) is 0 Å². The van der Waals surface area contributed by atoms with Gasteiger partial charge in [-0.05, 0) is 63.5 Å². The fourth-order valence-corrected chi connectivity index (χ4v) is 13.1. The quantitative estimate of drug-likeness (QED) is 0.170. The molecule has 1 aliphatic heterocycles. The number of hydrogen-bond acceptors (Lipinski definition) is 4. The minimum Gasteiger partial charge on any atom is -1.00 e. The minimum absolute atomic E-state index is 0. The van der Waals surface area contributed by atoms with Crippen molar-refractivity contribution in [2.45, 2.75) is 23.5 Å². The summed E-state index contributed by atoms with van der Waals surface area (Å²) in [7, 11) is -2.53. The number of rotatable bonds is 10. The van der Waals surface area contributed by atoms with Crippen LogP contribution in [-0.2, 0) is 10.2 Å². The van der Waals surface area contributed by atoms with Crippen molar-refractivity contribution >= 4 is 29.1 Å². The van der Waals surface area contributed by atoms with Crippen molar-refractivity contribution in [3.63, 3.8) is 0 Å². The number of amides is 1. The molecule has 0 bridgehead atoms. The van der Waals surface area contributed by atoms with Gasteiger partial charge in [-0.1, -0.05) is 146 Å². The molecule has 7 aromatic rings. The smallest absolute Gasteiger partial charge is 0.265 e. The number of aromatic amines is 1. The largest absolute Gasteiger partial charge is 1.00 e. The van der Waals surface area contributed by atoms with Crippen molar-refractivity contribution in [2.75, 3.05) is 6.54 Å². The van der Waals surface area contributed by atoms with Gasteiger partial charge < -0.3 is 21.9 Å². The molecule has 252 valence electrons. The number of nitrogens with one attached hydrogen (secondary N) is 1. The maximum atomic E-state index is 15.8. The van der Waals surface area contributed by atoms with Gasteiger partial charge in [0, 0.05) is 13.0 Å². The maximum Gasteiger partial charge on any atom is 0.265 e. The summed E-state index contributed by atoms with van der Waals surface area (Å²) >= 11 is 0. The van der Waals surface area contributed by atoms with E-state index in [1.165, 1.54) is 15.9 Å². The molecule has 51 heavy (non-hydrogen) atoms. The van der Waals surface area contributed by atoms with Crippen LogP contribution in [-0.4, -0.2) is 43.6 Å². The molecule has 1 N–H and O–H groups in total. The van der Waals surface area contributed by atoms with Crippen molar-refractivity contribution in [3.8, 4) is 0 Å². The first kappa shape index (κ1) is 34.2. The molecule has 1 aliphatic rings. The number of halogens is 1. The molecule has 1 saturated heterocycles. The Bertz CT molecular complexity index is 1950. The fraction of sp³-hybridized carbons (Fsp3) is 0.116. The van der Waals surface area contributed by atoms with E-state index in [0.717, 1.165) is 16.7 Å². The van der Waals surface area contributed by atoms with Gasteiger partial charge in [0.1, 0.15) is 29.2 Å². The van der Waals surface area contributed by atoms with E-state index in [4.69, 9.17) is 0 Å². The van der Waals surface area contributed by atoms with E-state index in [1.54, 1.807) is 0 Å². The van der Waals surface area contributed by atoms with Gasteiger partial charge in [-0.15, -0.1) is 5.10 Å². The summed E-state index contributed by atoms with van der Waals surface area (Å²) in [6, 6.07) is 62.9. The van der Waals surface area contributed by atoms with E-state index in [0.29, 0.717) is 18.8 Å². The number of hydrogen-bond donors (Lipinski definition) is 1. The lowest BCUT2D eigenvalue weighted by Crippen LogP contribution is -3.00. The molecule has 6 aromatic carbocycles. The molecule has 2 heterocycles. The Morgan fingerprint density at radius 1 is 0.588 bits per heavy atom. The Kier molecular flexibility index (Phi) is 10.0. The van der Waals surface area contributed by atoms with Gasteiger partial charge in [-0.25, -0.2) is 5.10 Å². The van der Waals surface area contributed by atoms with Crippen molar-refractivity contribution in [3.05, 3.63) is 205 Å². The molecule has 0 radical (unpaired) electrons. The summed E-state index contributed by atoms with van der Waals surface area (Å²) in [5.74, 6) is 0.641. The van der Waals surface area contributed by atoms with Crippen LogP contribution in [0.15, 0.2) is 182 Å². The predicted octanol–water partition coefficient (Wildman–Crippen LogP) is 3.87. The second kappa shape index (κ2) is 14.9. The number of nitrogens with zero attached hydrogens (tertiary/aromatic N) is 4. The van der Waals surface area contributed by atoms with Gasteiger partial charge in [-0.2, -0.15) is 0 Å². The third-order valence-electron chi connectivity index (χ3n) is 10.2. The summed E-state index contributed by atoms with van der Waals surface area (Å²) in [5.41, 5.74) is 1.97. The highest BCUT2D eigenvalue weighted by Gasteiger charge is 2.62. The number of H-pyrrole nitrogens is 1. The van der Waals surface area contributed by atoms with E-state index in [-0.39, 0.29) is 28.5 Å². The van der Waals surface area contributed by atoms with Crippen LogP contribution < -0.4 is 32.9 Å². The van der Waals surface area contributed by atoms with Crippen molar-refractivity contribution in [2.24, 2.45) is 0 Å². The van der Waals surface area contributed by atoms with E-state index >= 15 is 4.79 Å². The molecular weight excluding hydrogens is 713 g/mol. The summed E-state index contributed by atoms with van der Waals surface area (Å²) in [6.07, 6.45) is 0.678. The Morgan fingerprint density at radius 3 is 1.31 bits per heavy atom. The SMILES string of the molecule is O=C1C([P+](c2ccccc2)(c2ccccc2)c2ccccc2)CCN1C(c1nnn[nH]1)C(c1ccccc1)(c1ccccc1)c1ccccc1.[Br-]. The van der Waals surface area contributed by atoms with Crippen molar-refractivity contribution < 1.29 is 21.8 Å². The van der Waals surface area contributed by atoms with Gasteiger partial charge >= 0.3 is 0 Å². The molecule has 1 amide bonds. The summed E-state index contributed by atoms with van der Waals surface area (Å²) in [6.45, 7) is 0.539. The van der Waals surface area contributed by atoms with Crippen LogP contribution in [0.3, 0.4) is 0 Å². The Morgan fingerprint density at radius 2 is 0.961 bits per heavy atom. The molecule has 0 spiro atoms. The highest BCUT2D eigenvalue weighted by Crippen LogP contribution is 2.63. The normalized spacial score (nSPS) is 15.3. The molecule has 0 aliphatic carbocycles. The molecule has 1 aromatic heterocycles. The van der Waals surface area contributed by atoms with E-state index < -0.39 is 18.7 Å². The Balaban J connectivity index is 0.00000406. The predicted molar refractivity (Wildman–Crippen MR) is 201 cm³/mol. The van der Waals surface area contributed by atoms with E-state index in [1.807, 2.05) is 18.2 Å². The Hall–Kier alpha value is -5.23. The highest BCUT2D eigenvalue weighted by molar-refractivity contribution is 7.96. The summed E-state index contributed by atoms with van der Waals surface area (Å²) in [5, 5.41) is 19.5. The maximum absolute atomic E-state index is 15.8. The van der Waals surface area contributed by atoms with Crippen LogP contribution in [0.1, 0.15) is 35.0 Å². The molecule has 8 rings (SSSR count). The number of likely N-dealkylation sites (tertiary alicyclic amines) is 1. The first-order valence-corrected chi connectivity index (χ1v) is 18.9. The van der Waals surface area contributed by atoms with Gasteiger partial charge in [-0.3, -0.25) is 4.79 Å². The zero-order valence-electron chi connectivity index (χ0n) is 27.9. The number of aromatic nitrogens is 4. The summed E-state index contributed by atoms with van der Waals surface area (Å²) < 4.78 is 0. The molecule has 6 nitrogen and oxygen atoms in total. The van der Waals surface area contributed by atoms with Crippen LogP contribution >= 0.6 is 7.26 Å². The average Bonchev–Trinajstić information content (AvgIpc) is 3.87. The van der Waals surface area contributed by atoms with Crippen LogP contribution in [0.4, 0.5) is 0 Å². The van der Waals surface area contributed by atoms with E-state index in [2.05, 4.69) is 189 Å². The molecule has 2 atom stereocenters. The Labute approximate surface area is 309 Å². The standard InChI is InChI=1S/C43H37N5OP.BrH/c49-42-39(50(36-25-13-4-14-26-36,37-27-15-5-16-28-37)38-29-17-6-18-30-38)31-32-48(42)40(41-44-46-47-45-41)43(33-19-7-1-8-20-33,34-21-9-2-10-22-34)35-23-11-3-12-24-35;/h1-30,39-40H,31-32H2,(H,44,45,46,47);1H/q+1;/p-1. The third kappa shape index (κ3) is 5.81. The van der Waals surface area contributed by atoms with Gasteiger partial charge in [0.2, 0.25) is 0 Å². The molecule has 1 fully saturated rings. The second-order valence-electron chi connectivity index (χ2n) is 12.7. The van der Waals surface area contributed by atoms with Crippen molar-refractivity contribution in [1.29, 1.82) is 0 Å². The van der Waals surface area contributed by atoms with Gasteiger partial charge in [0.25, 0.3) is 5.91 Å². The van der Waals surface area contributed by atoms with Gasteiger partial charge in [0.05, 0.1) is 5.41 Å². The van der Waals surface area contributed by atoms with Gasteiger partial charge in [0.15, 0.2) is 11.5 Å². The van der Waals surface area contributed by atoms with Crippen molar-refractivity contribution in [1.82, 2.24) is 25.5 Å². The highest BCUT2D eigenvalue weighted by atomic mass is 79.9. The number of carbonyl (C=O) groups excluding carboxylic acids is 1. The first-order valence-electron chi connectivity index (χ1n) is 17.0. The third-order valence-corrected chi connectivity index (χ3v) is 15.0. The molecule has 8 heteroatoms. The topological polar surface area (TPSA) is 74.8 Å². The lowest BCUT2D eigenvalue weighted by atomic mass is 9.64. The zero-order chi connectivity index (χ0) is 33.8. The molecular formula is C43H37BrN5OP. The minimum atomic E-state index is -2.53. The average molecular weight is 751 g/mol. The monoisotopic (exact) mass is 749 g/mol. The number of tetrazole rings is 1. The number of carbonyl (C=O) groups is 1. The van der Waals surface area contributed by atoms with Crippen LogP contribution in [0.5, 0.6) is 0 Å². The lowest BCUT2D eigenvalue weighted by Gasteiger charge is -2.45. The van der Waals surface area contributed by atoms with Crippen LogP contribution in [0, 0.1) is 0 Å².